The zero-order valence-electron chi connectivity index (χ0n) is 19.8. The van der Waals surface area contributed by atoms with Crippen LogP contribution >= 0.6 is 0 Å². The molecule has 2 aromatic carbocycles. The van der Waals surface area contributed by atoms with Crippen molar-refractivity contribution in [2.24, 2.45) is 4.99 Å². The van der Waals surface area contributed by atoms with Gasteiger partial charge in [0.05, 0.1) is 24.9 Å². The quantitative estimate of drug-likeness (QED) is 0.532. The molecule has 1 unspecified atom stereocenters. The van der Waals surface area contributed by atoms with Gasteiger partial charge in [0.2, 0.25) is 0 Å². The van der Waals surface area contributed by atoms with Crippen molar-refractivity contribution in [2.45, 2.75) is 31.9 Å². The highest BCUT2D eigenvalue weighted by Gasteiger charge is 2.27. The Morgan fingerprint density at radius 2 is 2.20 bits per heavy atom. The van der Waals surface area contributed by atoms with Gasteiger partial charge < -0.3 is 9.47 Å². The van der Waals surface area contributed by atoms with Crippen molar-refractivity contribution in [1.82, 2.24) is 15.1 Å². The third-order valence-corrected chi connectivity index (χ3v) is 6.65. The van der Waals surface area contributed by atoms with Crippen molar-refractivity contribution in [2.75, 3.05) is 33.4 Å². The number of fused-ring (bicyclic) bond motifs is 1. The topological polar surface area (TPSA) is 79.8 Å². The SMILES string of the molecule is COc1ccc(CN2CCOC(C(=O)CCc3ccc4[nH]nc(C5=CC=NCC5)c4c3)C2)c(F)c1. The van der Waals surface area contributed by atoms with Gasteiger partial charge in [-0.05, 0) is 48.3 Å². The summed E-state index contributed by atoms with van der Waals surface area (Å²) in [5.74, 6) is 0.263. The molecular weight excluding hydrogens is 447 g/mol. The first kappa shape index (κ1) is 23.4. The van der Waals surface area contributed by atoms with Gasteiger partial charge in [0.15, 0.2) is 5.78 Å². The van der Waals surface area contributed by atoms with Crippen molar-refractivity contribution in [1.29, 1.82) is 0 Å². The number of carbonyl (C=O) groups is 1. The molecule has 3 aromatic rings. The molecule has 5 rings (SSSR count). The first-order chi connectivity index (χ1) is 17.1. The molecule has 3 heterocycles. The van der Waals surface area contributed by atoms with Crippen molar-refractivity contribution >= 4 is 28.5 Å². The Bertz CT molecular complexity index is 1280. The van der Waals surface area contributed by atoms with E-state index in [9.17, 15) is 9.18 Å². The minimum atomic E-state index is -0.495. The van der Waals surface area contributed by atoms with Gasteiger partial charge in [0.1, 0.15) is 17.7 Å². The summed E-state index contributed by atoms with van der Waals surface area (Å²) in [5, 5.41) is 8.68. The number of methoxy groups -OCH3 is 1. The molecule has 35 heavy (non-hydrogen) atoms. The fourth-order valence-electron chi connectivity index (χ4n) is 4.64. The molecule has 0 bridgehead atoms. The number of aromatic nitrogens is 2. The van der Waals surface area contributed by atoms with Crippen LogP contribution in [0.1, 0.15) is 29.7 Å². The van der Waals surface area contributed by atoms with Gasteiger partial charge in [-0.15, -0.1) is 0 Å². The third-order valence-electron chi connectivity index (χ3n) is 6.65. The second-order valence-electron chi connectivity index (χ2n) is 8.97. The number of aromatic amines is 1. The Labute approximate surface area is 203 Å². The van der Waals surface area contributed by atoms with E-state index in [0.29, 0.717) is 50.4 Å². The first-order valence-electron chi connectivity index (χ1n) is 12.0. The van der Waals surface area contributed by atoms with E-state index in [-0.39, 0.29) is 11.6 Å². The average Bonchev–Trinajstić information content (AvgIpc) is 3.32. The minimum absolute atomic E-state index is 0.0728. The summed E-state index contributed by atoms with van der Waals surface area (Å²) < 4.78 is 25.2. The van der Waals surface area contributed by atoms with Crippen LogP contribution in [0.25, 0.3) is 16.5 Å². The molecule has 0 radical (unpaired) electrons. The molecule has 0 amide bonds. The van der Waals surface area contributed by atoms with Gasteiger partial charge in [-0.3, -0.25) is 19.8 Å². The summed E-state index contributed by atoms with van der Waals surface area (Å²) in [6.45, 7) is 2.79. The number of ketones is 1. The number of rotatable bonds is 8. The summed E-state index contributed by atoms with van der Waals surface area (Å²) in [7, 11) is 1.52. The standard InChI is InChI=1S/C27H29FN4O3/c1-34-21-5-4-20(23(28)15-21)16-32-12-13-35-26(17-32)25(33)7-3-18-2-6-24-22(14-18)27(31-30-24)19-8-10-29-11-9-19/h2,4-6,8,10,14-15,26H,3,7,9,11-13,16-17H2,1H3,(H,30,31). The van der Waals surface area contributed by atoms with E-state index in [0.717, 1.165) is 35.1 Å². The molecule has 1 atom stereocenters. The fraction of sp³-hybridized carbons (Fsp3) is 0.370. The Hall–Kier alpha value is -3.36. The maximum Gasteiger partial charge on any atom is 0.163 e. The predicted octanol–water partition coefficient (Wildman–Crippen LogP) is 3.97. The fourth-order valence-corrected chi connectivity index (χ4v) is 4.64. The predicted molar refractivity (Wildman–Crippen MR) is 133 cm³/mol. The van der Waals surface area contributed by atoms with Gasteiger partial charge in [-0.25, -0.2) is 4.39 Å². The number of hydrogen-bond acceptors (Lipinski definition) is 6. The van der Waals surface area contributed by atoms with Crippen LogP contribution in [0.15, 0.2) is 47.5 Å². The summed E-state index contributed by atoms with van der Waals surface area (Å²) >= 11 is 0. The molecule has 182 valence electrons. The molecule has 2 aliphatic rings. The number of nitrogens with one attached hydrogen (secondary N) is 1. The zero-order chi connectivity index (χ0) is 24.2. The molecule has 7 nitrogen and oxygen atoms in total. The second kappa shape index (κ2) is 10.5. The third kappa shape index (κ3) is 5.33. The lowest BCUT2D eigenvalue weighted by molar-refractivity contribution is -0.136. The number of benzene rings is 2. The second-order valence-corrected chi connectivity index (χ2v) is 8.97. The molecule has 1 aromatic heterocycles. The molecule has 1 N–H and O–H groups in total. The van der Waals surface area contributed by atoms with Crippen molar-refractivity contribution in [3.63, 3.8) is 0 Å². The number of aliphatic imine (C=N–C) groups is 1. The molecule has 0 spiro atoms. The van der Waals surface area contributed by atoms with E-state index in [1.54, 1.807) is 12.1 Å². The smallest absolute Gasteiger partial charge is 0.163 e. The Balaban J connectivity index is 1.20. The summed E-state index contributed by atoms with van der Waals surface area (Å²) in [6, 6.07) is 11.0. The molecule has 8 heteroatoms. The van der Waals surface area contributed by atoms with E-state index in [4.69, 9.17) is 9.47 Å². The van der Waals surface area contributed by atoms with Gasteiger partial charge in [-0.1, -0.05) is 12.1 Å². The summed E-state index contributed by atoms with van der Waals surface area (Å²) in [6.07, 6.45) is 5.24. The largest absolute Gasteiger partial charge is 0.497 e. The van der Waals surface area contributed by atoms with E-state index < -0.39 is 6.10 Å². The van der Waals surface area contributed by atoms with E-state index >= 15 is 0 Å². The molecule has 0 saturated carbocycles. The number of Topliss-reactive ketones (excluding diaryl/α,β-unsaturated/α-hetero) is 1. The highest BCUT2D eigenvalue weighted by molar-refractivity contribution is 5.95. The number of nitrogens with zero attached hydrogens (tertiary/aromatic N) is 3. The van der Waals surface area contributed by atoms with Crippen LogP contribution in [0.2, 0.25) is 0 Å². The Morgan fingerprint density at radius 3 is 3.00 bits per heavy atom. The van der Waals surface area contributed by atoms with Crippen LogP contribution in [0.3, 0.4) is 0 Å². The highest BCUT2D eigenvalue weighted by Crippen LogP contribution is 2.27. The van der Waals surface area contributed by atoms with Crippen LogP contribution in [0.5, 0.6) is 5.75 Å². The van der Waals surface area contributed by atoms with E-state index in [2.05, 4.69) is 26.2 Å². The molecule has 1 fully saturated rings. The van der Waals surface area contributed by atoms with Crippen molar-refractivity contribution in [3.05, 3.63) is 65.1 Å². The normalized spacial score (nSPS) is 18.6. The van der Waals surface area contributed by atoms with Crippen molar-refractivity contribution < 1.29 is 18.7 Å². The van der Waals surface area contributed by atoms with Gasteiger partial charge >= 0.3 is 0 Å². The molecule has 2 aliphatic heterocycles. The molecular formula is C27H29FN4O3. The monoisotopic (exact) mass is 476 g/mol. The number of allylic oxidation sites excluding steroid dienone is 1. The van der Waals surface area contributed by atoms with Crippen LogP contribution in [-0.2, 0) is 22.5 Å². The van der Waals surface area contributed by atoms with Crippen LogP contribution in [0, 0.1) is 5.82 Å². The lowest BCUT2D eigenvalue weighted by Crippen LogP contribution is -2.45. The number of carbonyl (C=O) groups excluding carboxylic acids is 1. The van der Waals surface area contributed by atoms with E-state index in [1.165, 1.54) is 18.7 Å². The lowest BCUT2D eigenvalue weighted by Gasteiger charge is -2.32. The Kier molecular flexibility index (Phi) is 7.01. The molecule has 0 aliphatic carbocycles. The minimum Gasteiger partial charge on any atom is -0.497 e. The van der Waals surface area contributed by atoms with Crippen molar-refractivity contribution in [3.8, 4) is 5.75 Å². The maximum absolute atomic E-state index is 14.4. The lowest BCUT2D eigenvalue weighted by atomic mass is 9.99. The van der Waals surface area contributed by atoms with E-state index in [1.807, 2.05) is 24.4 Å². The van der Waals surface area contributed by atoms with Gasteiger partial charge in [0.25, 0.3) is 0 Å². The van der Waals surface area contributed by atoms with Crippen LogP contribution in [0.4, 0.5) is 4.39 Å². The number of morpholine rings is 1. The number of dihydropyridines is 1. The first-order valence-corrected chi connectivity index (χ1v) is 12.0. The van der Waals surface area contributed by atoms with Crippen LogP contribution in [-0.4, -0.2) is 66.6 Å². The number of hydrogen-bond donors (Lipinski definition) is 1. The summed E-state index contributed by atoms with van der Waals surface area (Å²) in [4.78, 5) is 19.3. The van der Waals surface area contributed by atoms with Gasteiger partial charge in [0, 0.05) is 55.8 Å². The maximum atomic E-state index is 14.4. The average molecular weight is 477 g/mol. The molecule has 1 saturated heterocycles. The highest BCUT2D eigenvalue weighted by atomic mass is 19.1. The Morgan fingerprint density at radius 1 is 1.29 bits per heavy atom. The van der Waals surface area contributed by atoms with Gasteiger partial charge in [-0.2, -0.15) is 5.10 Å². The summed E-state index contributed by atoms with van der Waals surface area (Å²) in [5.41, 5.74) is 4.78. The van der Waals surface area contributed by atoms with Crippen LogP contribution < -0.4 is 4.74 Å². The number of ether oxygens (including phenoxy) is 2. The number of halogens is 1. The zero-order valence-corrected chi connectivity index (χ0v) is 19.8. The number of H-pyrrole nitrogens is 1. The number of aryl methyl sites for hydroxylation is 1.